The summed E-state index contributed by atoms with van der Waals surface area (Å²) in [6, 6.07) is 12.7. The lowest BCUT2D eigenvalue weighted by Gasteiger charge is -2.11. The van der Waals surface area contributed by atoms with Crippen molar-refractivity contribution >= 4 is 33.8 Å². The van der Waals surface area contributed by atoms with Crippen LogP contribution in [0, 0.1) is 5.82 Å². The summed E-state index contributed by atoms with van der Waals surface area (Å²) in [4.78, 5) is 31.0. The van der Waals surface area contributed by atoms with Crippen molar-refractivity contribution in [3.63, 3.8) is 0 Å². The van der Waals surface area contributed by atoms with Crippen LogP contribution in [0.4, 0.5) is 28.3 Å². The Hall–Kier alpha value is -4.94. The Morgan fingerprint density at radius 3 is 2.64 bits per heavy atom. The standard InChI is InChI=1S/C26H19F4N5O4/c1-2-38-25(37)33-24-31-20-8-4-14(11-22(20)32-24)17-9-13(3-7-19(17)27)10-21-18-12-15(39-26(28,29)30)5-6-16(18)23(36)35-34-21/h3-9,11-12H,2,10H2,1H3,(H,35,36)(H2,31,32,33,37). The summed E-state index contributed by atoms with van der Waals surface area (Å²) < 4.78 is 61.9. The molecule has 0 saturated carbocycles. The molecule has 5 aromatic rings. The maximum atomic E-state index is 14.9. The zero-order valence-corrected chi connectivity index (χ0v) is 20.1. The van der Waals surface area contributed by atoms with Gasteiger partial charge in [0.15, 0.2) is 0 Å². The quantitative estimate of drug-likeness (QED) is 0.239. The number of fused-ring (bicyclic) bond motifs is 2. The van der Waals surface area contributed by atoms with Crippen LogP contribution in [0.15, 0.2) is 59.4 Å². The Morgan fingerprint density at radius 1 is 1.05 bits per heavy atom. The minimum atomic E-state index is -4.90. The van der Waals surface area contributed by atoms with Gasteiger partial charge in [0, 0.05) is 17.4 Å². The first-order valence-corrected chi connectivity index (χ1v) is 11.6. The maximum absolute atomic E-state index is 14.9. The summed E-state index contributed by atoms with van der Waals surface area (Å²) in [5, 5.41) is 9.13. The van der Waals surface area contributed by atoms with E-state index in [0.717, 1.165) is 12.1 Å². The summed E-state index contributed by atoms with van der Waals surface area (Å²) in [6.45, 7) is 1.86. The van der Waals surface area contributed by atoms with Crippen LogP contribution in [0.1, 0.15) is 18.2 Å². The summed E-state index contributed by atoms with van der Waals surface area (Å²) in [5.41, 5.74) is 2.11. The average Bonchev–Trinajstić information content (AvgIpc) is 3.27. The maximum Gasteiger partial charge on any atom is 0.573 e. The predicted molar refractivity (Wildman–Crippen MR) is 134 cm³/mol. The summed E-state index contributed by atoms with van der Waals surface area (Å²) in [7, 11) is 0. The van der Waals surface area contributed by atoms with Gasteiger partial charge in [-0.15, -0.1) is 13.2 Å². The molecule has 0 atom stereocenters. The molecular formula is C26H19F4N5O4. The number of H-pyrrole nitrogens is 2. The van der Waals surface area contributed by atoms with Crippen LogP contribution in [0.25, 0.3) is 32.9 Å². The number of anilines is 1. The van der Waals surface area contributed by atoms with E-state index in [9.17, 15) is 27.2 Å². The van der Waals surface area contributed by atoms with Crippen LogP contribution in [0.2, 0.25) is 0 Å². The molecule has 0 bridgehead atoms. The molecule has 0 fully saturated rings. The number of ether oxygens (including phenoxy) is 2. The van der Waals surface area contributed by atoms with Gasteiger partial charge in [-0.3, -0.25) is 10.1 Å². The highest BCUT2D eigenvalue weighted by Crippen LogP contribution is 2.30. The van der Waals surface area contributed by atoms with Gasteiger partial charge in [0.1, 0.15) is 11.6 Å². The lowest BCUT2D eigenvalue weighted by atomic mass is 9.98. The number of imidazole rings is 1. The van der Waals surface area contributed by atoms with E-state index in [-0.39, 0.29) is 41.0 Å². The molecule has 3 N–H and O–H groups in total. The number of nitrogens with one attached hydrogen (secondary N) is 3. The van der Waals surface area contributed by atoms with Gasteiger partial charge < -0.3 is 14.5 Å². The molecule has 5 rings (SSSR count). The monoisotopic (exact) mass is 541 g/mol. The van der Waals surface area contributed by atoms with Gasteiger partial charge in [-0.25, -0.2) is 19.3 Å². The number of halogens is 4. The Kier molecular flexibility index (Phi) is 6.64. The van der Waals surface area contributed by atoms with Crippen molar-refractivity contribution in [1.29, 1.82) is 0 Å². The number of rotatable bonds is 6. The van der Waals surface area contributed by atoms with Crippen LogP contribution in [0.5, 0.6) is 5.75 Å². The molecule has 0 aliphatic heterocycles. The summed E-state index contributed by atoms with van der Waals surface area (Å²) in [5.74, 6) is -0.838. The molecule has 0 spiro atoms. The Balaban J connectivity index is 1.48. The number of alkyl halides is 3. The highest BCUT2D eigenvalue weighted by molar-refractivity contribution is 5.88. The van der Waals surface area contributed by atoms with Crippen LogP contribution >= 0.6 is 0 Å². The smallest absolute Gasteiger partial charge is 0.450 e. The molecule has 9 nitrogen and oxygen atoms in total. The van der Waals surface area contributed by atoms with Crippen LogP contribution < -0.4 is 15.6 Å². The van der Waals surface area contributed by atoms with E-state index in [1.807, 2.05) is 0 Å². The van der Waals surface area contributed by atoms with Gasteiger partial charge in [-0.1, -0.05) is 12.1 Å². The number of carbonyl (C=O) groups is 1. The molecule has 0 aliphatic carbocycles. The third kappa shape index (κ3) is 5.66. The summed E-state index contributed by atoms with van der Waals surface area (Å²) in [6.07, 6.45) is -5.49. The molecule has 39 heavy (non-hydrogen) atoms. The highest BCUT2D eigenvalue weighted by Gasteiger charge is 2.31. The Bertz CT molecular complexity index is 1760. The van der Waals surface area contributed by atoms with Gasteiger partial charge in [0.05, 0.1) is 28.7 Å². The van der Waals surface area contributed by atoms with Crippen LogP contribution in [-0.4, -0.2) is 39.2 Å². The number of hydrogen-bond acceptors (Lipinski definition) is 6. The Morgan fingerprint density at radius 2 is 1.87 bits per heavy atom. The first-order chi connectivity index (χ1) is 18.6. The van der Waals surface area contributed by atoms with Crippen molar-refractivity contribution in [2.45, 2.75) is 19.7 Å². The normalized spacial score (nSPS) is 11.6. The second-order valence-corrected chi connectivity index (χ2v) is 8.41. The fourth-order valence-corrected chi connectivity index (χ4v) is 4.13. The number of carbonyl (C=O) groups excluding carboxylic acids is 1. The van der Waals surface area contributed by atoms with Gasteiger partial charge in [0.25, 0.3) is 5.56 Å². The summed E-state index contributed by atoms with van der Waals surface area (Å²) >= 11 is 0. The van der Waals surface area contributed by atoms with Gasteiger partial charge >= 0.3 is 12.5 Å². The van der Waals surface area contributed by atoms with Crippen molar-refractivity contribution in [2.75, 3.05) is 11.9 Å². The second-order valence-electron chi connectivity index (χ2n) is 8.41. The fraction of sp³-hybridized carbons (Fsp3) is 0.154. The minimum absolute atomic E-state index is 0.0793. The lowest BCUT2D eigenvalue weighted by Crippen LogP contribution is -2.17. The Labute approximate surface area is 216 Å². The van der Waals surface area contributed by atoms with Crippen molar-refractivity contribution in [2.24, 2.45) is 0 Å². The largest absolute Gasteiger partial charge is 0.573 e. The van der Waals surface area contributed by atoms with Crippen LogP contribution in [0.3, 0.4) is 0 Å². The van der Waals surface area contributed by atoms with Crippen LogP contribution in [-0.2, 0) is 11.2 Å². The number of benzene rings is 3. The molecule has 13 heteroatoms. The van der Waals surface area contributed by atoms with Crippen molar-refractivity contribution in [3.8, 4) is 16.9 Å². The average molecular weight is 541 g/mol. The third-order valence-electron chi connectivity index (χ3n) is 5.76. The highest BCUT2D eigenvalue weighted by atomic mass is 19.4. The fourth-order valence-electron chi connectivity index (χ4n) is 4.13. The second kappa shape index (κ2) is 10.1. The molecule has 200 valence electrons. The molecule has 2 heterocycles. The SMILES string of the molecule is CCOC(=O)Nc1nc2ccc(-c3cc(Cc4n[nH]c(=O)c5ccc(OC(F)(F)F)cc45)ccc3F)cc2[nH]1. The van der Waals surface area contributed by atoms with E-state index < -0.39 is 29.6 Å². The number of aromatic amines is 2. The lowest BCUT2D eigenvalue weighted by molar-refractivity contribution is -0.274. The van der Waals surface area contributed by atoms with Crippen molar-refractivity contribution in [1.82, 2.24) is 20.2 Å². The van der Waals surface area contributed by atoms with Crippen molar-refractivity contribution < 1.29 is 31.8 Å². The molecule has 0 radical (unpaired) electrons. The number of amides is 1. The number of hydrogen-bond donors (Lipinski definition) is 3. The van der Waals surface area contributed by atoms with E-state index in [4.69, 9.17) is 4.74 Å². The van der Waals surface area contributed by atoms with E-state index in [0.29, 0.717) is 22.2 Å². The number of aromatic nitrogens is 4. The third-order valence-corrected chi connectivity index (χ3v) is 5.76. The van der Waals surface area contributed by atoms with Crippen molar-refractivity contribution in [3.05, 3.63) is 82.0 Å². The molecule has 0 unspecified atom stereocenters. The molecule has 0 saturated heterocycles. The topological polar surface area (TPSA) is 122 Å². The molecule has 3 aromatic carbocycles. The predicted octanol–water partition coefficient (Wildman–Crippen LogP) is 5.66. The van der Waals surface area contributed by atoms with Gasteiger partial charge in [0.2, 0.25) is 5.95 Å². The number of nitrogens with zero attached hydrogens (tertiary/aromatic N) is 2. The first kappa shape index (κ1) is 25.7. The molecular weight excluding hydrogens is 522 g/mol. The molecule has 1 amide bonds. The zero-order valence-electron chi connectivity index (χ0n) is 20.1. The van der Waals surface area contributed by atoms with Gasteiger partial charge in [-0.05, 0) is 60.5 Å². The zero-order chi connectivity index (χ0) is 27.7. The van der Waals surface area contributed by atoms with Gasteiger partial charge in [-0.2, -0.15) is 5.10 Å². The van der Waals surface area contributed by atoms with E-state index in [1.165, 1.54) is 18.2 Å². The first-order valence-electron chi connectivity index (χ1n) is 11.6. The van der Waals surface area contributed by atoms with E-state index >= 15 is 0 Å². The minimum Gasteiger partial charge on any atom is -0.450 e. The molecule has 0 aliphatic rings. The van der Waals surface area contributed by atoms with E-state index in [1.54, 1.807) is 31.2 Å². The molecule has 2 aromatic heterocycles. The van der Waals surface area contributed by atoms with E-state index in [2.05, 4.69) is 30.2 Å².